The molecule has 2 aromatic rings. The number of nitrogens with zero attached hydrogens (tertiary/aromatic N) is 2. The standard InChI is InChI=1S/C19H25N3O/c20-14-19(17-7-4-8-18(23)13-17)22-11-9-21(10-12-22)15-16-5-2-1-3-6-16/h1-8,13,19,23H,9-12,14-15,20H2. The average Bonchev–Trinajstić information content (AvgIpc) is 2.58. The fourth-order valence-corrected chi connectivity index (χ4v) is 3.30. The Morgan fingerprint density at radius 1 is 0.957 bits per heavy atom. The Labute approximate surface area is 138 Å². The normalized spacial score (nSPS) is 18.0. The van der Waals surface area contributed by atoms with E-state index in [2.05, 4.69) is 40.1 Å². The van der Waals surface area contributed by atoms with Crippen molar-refractivity contribution in [3.8, 4) is 5.75 Å². The fraction of sp³-hybridized carbons (Fsp3) is 0.368. The second-order valence-electron chi connectivity index (χ2n) is 6.14. The first-order valence-corrected chi connectivity index (χ1v) is 8.25. The highest BCUT2D eigenvalue weighted by atomic mass is 16.3. The van der Waals surface area contributed by atoms with Gasteiger partial charge in [0.25, 0.3) is 0 Å². The Bertz CT molecular complexity index is 609. The summed E-state index contributed by atoms with van der Waals surface area (Å²) in [5, 5.41) is 9.69. The van der Waals surface area contributed by atoms with E-state index in [1.807, 2.05) is 18.2 Å². The van der Waals surface area contributed by atoms with Crippen LogP contribution in [0.1, 0.15) is 17.2 Å². The second-order valence-corrected chi connectivity index (χ2v) is 6.14. The molecule has 0 bridgehead atoms. The van der Waals surface area contributed by atoms with Crippen LogP contribution in [0, 0.1) is 0 Å². The lowest BCUT2D eigenvalue weighted by molar-refractivity contribution is 0.0941. The lowest BCUT2D eigenvalue weighted by atomic mass is 10.0. The molecule has 0 radical (unpaired) electrons. The molecule has 4 nitrogen and oxygen atoms in total. The zero-order valence-corrected chi connectivity index (χ0v) is 13.4. The van der Waals surface area contributed by atoms with Crippen LogP contribution in [-0.4, -0.2) is 47.6 Å². The van der Waals surface area contributed by atoms with E-state index in [1.165, 1.54) is 5.56 Å². The van der Waals surface area contributed by atoms with Crippen molar-refractivity contribution in [2.24, 2.45) is 5.73 Å². The summed E-state index contributed by atoms with van der Waals surface area (Å²) in [5.74, 6) is 0.309. The minimum absolute atomic E-state index is 0.181. The van der Waals surface area contributed by atoms with E-state index in [-0.39, 0.29) is 6.04 Å². The van der Waals surface area contributed by atoms with E-state index in [4.69, 9.17) is 5.73 Å². The number of hydrogen-bond acceptors (Lipinski definition) is 4. The van der Waals surface area contributed by atoms with Gasteiger partial charge in [-0.3, -0.25) is 9.80 Å². The van der Waals surface area contributed by atoms with Gasteiger partial charge in [-0.15, -0.1) is 0 Å². The molecule has 1 fully saturated rings. The third-order valence-electron chi connectivity index (χ3n) is 4.57. The Kier molecular flexibility index (Phi) is 5.28. The number of benzene rings is 2. The Balaban J connectivity index is 1.59. The summed E-state index contributed by atoms with van der Waals surface area (Å²) in [6.45, 7) is 5.68. The molecule has 23 heavy (non-hydrogen) atoms. The van der Waals surface area contributed by atoms with Crippen LogP contribution in [0.15, 0.2) is 54.6 Å². The summed E-state index contributed by atoms with van der Waals surface area (Å²) < 4.78 is 0. The molecule has 4 heteroatoms. The highest BCUT2D eigenvalue weighted by molar-refractivity contribution is 5.29. The second kappa shape index (κ2) is 7.59. The van der Waals surface area contributed by atoms with Gasteiger partial charge in [0.05, 0.1) is 0 Å². The maximum atomic E-state index is 9.69. The van der Waals surface area contributed by atoms with Crippen LogP contribution in [0.4, 0.5) is 0 Å². The maximum Gasteiger partial charge on any atom is 0.115 e. The van der Waals surface area contributed by atoms with Gasteiger partial charge in [-0.25, -0.2) is 0 Å². The molecule has 0 aromatic heterocycles. The van der Waals surface area contributed by atoms with Gasteiger partial charge in [0, 0.05) is 45.3 Å². The fourth-order valence-electron chi connectivity index (χ4n) is 3.30. The number of piperazine rings is 1. The van der Waals surface area contributed by atoms with Crippen molar-refractivity contribution in [2.45, 2.75) is 12.6 Å². The first kappa shape index (κ1) is 16.0. The Morgan fingerprint density at radius 2 is 1.70 bits per heavy atom. The Hall–Kier alpha value is -1.88. The first-order chi connectivity index (χ1) is 11.3. The average molecular weight is 311 g/mol. The van der Waals surface area contributed by atoms with Crippen molar-refractivity contribution < 1.29 is 5.11 Å². The molecule has 1 saturated heterocycles. The maximum absolute atomic E-state index is 9.69. The number of phenols is 1. The van der Waals surface area contributed by atoms with Gasteiger partial charge in [-0.2, -0.15) is 0 Å². The molecule has 0 saturated carbocycles. The number of aromatic hydroxyl groups is 1. The first-order valence-electron chi connectivity index (χ1n) is 8.25. The van der Waals surface area contributed by atoms with Crippen LogP contribution in [0.5, 0.6) is 5.75 Å². The van der Waals surface area contributed by atoms with Gasteiger partial charge < -0.3 is 10.8 Å². The quantitative estimate of drug-likeness (QED) is 0.889. The van der Waals surface area contributed by atoms with Crippen molar-refractivity contribution in [2.75, 3.05) is 32.7 Å². The van der Waals surface area contributed by atoms with E-state index in [9.17, 15) is 5.11 Å². The minimum atomic E-state index is 0.181. The molecular weight excluding hydrogens is 286 g/mol. The molecule has 3 N–H and O–H groups in total. The highest BCUT2D eigenvalue weighted by Gasteiger charge is 2.24. The molecule has 1 atom stereocenters. The minimum Gasteiger partial charge on any atom is -0.508 e. The highest BCUT2D eigenvalue weighted by Crippen LogP contribution is 2.24. The van der Waals surface area contributed by atoms with Crippen LogP contribution < -0.4 is 5.73 Å². The summed E-state index contributed by atoms with van der Waals surface area (Å²) in [6.07, 6.45) is 0. The van der Waals surface area contributed by atoms with Crippen molar-refractivity contribution >= 4 is 0 Å². The van der Waals surface area contributed by atoms with Crippen LogP contribution in [0.3, 0.4) is 0 Å². The zero-order valence-electron chi connectivity index (χ0n) is 13.4. The van der Waals surface area contributed by atoms with Gasteiger partial charge >= 0.3 is 0 Å². The largest absolute Gasteiger partial charge is 0.508 e. The number of phenolic OH excluding ortho intramolecular Hbond substituents is 1. The molecule has 0 aliphatic carbocycles. The van der Waals surface area contributed by atoms with Crippen LogP contribution in [-0.2, 0) is 6.54 Å². The van der Waals surface area contributed by atoms with Crippen molar-refractivity contribution in [3.63, 3.8) is 0 Å². The summed E-state index contributed by atoms with van der Waals surface area (Å²) in [4.78, 5) is 4.91. The molecule has 1 unspecified atom stereocenters. The number of hydrogen-bond donors (Lipinski definition) is 2. The smallest absolute Gasteiger partial charge is 0.115 e. The molecule has 1 aliphatic heterocycles. The lowest BCUT2D eigenvalue weighted by Gasteiger charge is -2.39. The van der Waals surface area contributed by atoms with Crippen molar-refractivity contribution in [1.82, 2.24) is 9.80 Å². The third-order valence-corrected chi connectivity index (χ3v) is 4.57. The zero-order chi connectivity index (χ0) is 16.1. The van der Waals surface area contributed by atoms with E-state index in [0.29, 0.717) is 12.3 Å². The lowest BCUT2D eigenvalue weighted by Crippen LogP contribution is -2.48. The van der Waals surface area contributed by atoms with Crippen molar-refractivity contribution in [3.05, 3.63) is 65.7 Å². The van der Waals surface area contributed by atoms with Gasteiger partial charge in [-0.1, -0.05) is 42.5 Å². The van der Waals surface area contributed by atoms with E-state index >= 15 is 0 Å². The molecule has 2 aromatic carbocycles. The van der Waals surface area contributed by atoms with Gasteiger partial charge in [0.1, 0.15) is 5.75 Å². The molecule has 0 amide bonds. The molecule has 3 rings (SSSR count). The Morgan fingerprint density at radius 3 is 2.35 bits per heavy atom. The van der Waals surface area contributed by atoms with Crippen LogP contribution >= 0.6 is 0 Å². The van der Waals surface area contributed by atoms with Gasteiger partial charge in [-0.05, 0) is 23.3 Å². The summed E-state index contributed by atoms with van der Waals surface area (Å²) in [5.41, 5.74) is 8.47. The predicted octanol–water partition coefficient (Wildman–Crippen LogP) is 2.21. The van der Waals surface area contributed by atoms with Crippen LogP contribution in [0.25, 0.3) is 0 Å². The van der Waals surface area contributed by atoms with E-state index in [1.54, 1.807) is 6.07 Å². The summed E-state index contributed by atoms with van der Waals surface area (Å²) >= 11 is 0. The molecule has 0 spiro atoms. The predicted molar refractivity (Wildman–Crippen MR) is 93.2 cm³/mol. The third kappa shape index (κ3) is 4.10. The monoisotopic (exact) mass is 311 g/mol. The molecular formula is C19H25N3O. The van der Waals surface area contributed by atoms with Crippen molar-refractivity contribution in [1.29, 1.82) is 0 Å². The topological polar surface area (TPSA) is 52.7 Å². The van der Waals surface area contributed by atoms with Crippen LogP contribution in [0.2, 0.25) is 0 Å². The molecule has 1 heterocycles. The van der Waals surface area contributed by atoms with Gasteiger partial charge in [0.2, 0.25) is 0 Å². The number of rotatable bonds is 5. The number of nitrogens with two attached hydrogens (primary N) is 1. The molecule has 1 aliphatic rings. The molecule has 122 valence electrons. The van der Waals surface area contributed by atoms with E-state index in [0.717, 1.165) is 38.3 Å². The SMILES string of the molecule is NCC(c1cccc(O)c1)N1CCN(Cc2ccccc2)CC1. The van der Waals surface area contributed by atoms with E-state index < -0.39 is 0 Å². The summed E-state index contributed by atoms with van der Waals surface area (Å²) in [6, 6.07) is 18.3. The van der Waals surface area contributed by atoms with Gasteiger partial charge in [0.15, 0.2) is 0 Å². The summed E-state index contributed by atoms with van der Waals surface area (Å²) in [7, 11) is 0.